The summed E-state index contributed by atoms with van der Waals surface area (Å²) in [5.41, 5.74) is 0.502. The molecule has 0 heterocycles. The van der Waals surface area contributed by atoms with E-state index >= 15 is 0 Å². The lowest BCUT2D eigenvalue weighted by atomic mass is 10.1. The SMILES string of the molecule is CCS(=O)(=O)c1cc(O)c(N=Nc2ccc3c(N=Nc4ccc(OC)cc4S(=O)(=O)O)c(NC)ccc3c2O)cc1OC. The van der Waals surface area contributed by atoms with E-state index in [2.05, 4.69) is 25.8 Å². The van der Waals surface area contributed by atoms with Gasteiger partial charge in [0, 0.05) is 36.0 Å². The first-order valence-electron chi connectivity index (χ1n) is 12.4. The van der Waals surface area contributed by atoms with Gasteiger partial charge in [-0.05, 0) is 36.4 Å². The Hall–Kier alpha value is -4.80. The van der Waals surface area contributed by atoms with Gasteiger partial charge in [0.2, 0.25) is 0 Å². The van der Waals surface area contributed by atoms with E-state index in [1.165, 1.54) is 45.4 Å². The lowest BCUT2D eigenvalue weighted by molar-refractivity contribution is 0.399. The third-order valence-corrected chi connectivity index (χ3v) is 8.97. The molecular formula is C27H27N5O9S2. The summed E-state index contributed by atoms with van der Waals surface area (Å²) in [6.07, 6.45) is 0. The molecule has 0 amide bonds. The van der Waals surface area contributed by atoms with E-state index in [9.17, 15) is 31.6 Å². The molecule has 0 unspecified atom stereocenters. The number of nitrogens with zero attached hydrogens (tertiary/aromatic N) is 4. The summed E-state index contributed by atoms with van der Waals surface area (Å²) < 4.78 is 68.4. The van der Waals surface area contributed by atoms with E-state index < -0.39 is 30.6 Å². The van der Waals surface area contributed by atoms with Crippen molar-refractivity contribution in [2.75, 3.05) is 32.3 Å². The minimum Gasteiger partial charge on any atom is -0.506 e. The van der Waals surface area contributed by atoms with Gasteiger partial charge in [0.15, 0.2) is 15.6 Å². The zero-order valence-electron chi connectivity index (χ0n) is 23.3. The van der Waals surface area contributed by atoms with Gasteiger partial charge in [-0.1, -0.05) is 6.92 Å². The summed E-state index contributed by atoms with van der Waals surface area (Å²) in [6, 6.07) is 12.3. The maximum atomic E-state index is 12.3. The van der Waals surface area contributed by atoms with Gasteiger partial charge in [-0.2, -0.15) is 8.42 Å². The molecule has 0 aromatic heterocycles. The van der Waals surface area contributed by atoms with E-state index in [-0.39, 0.29) is 50.6 Å². The van der Waals surface area contributed by atoms with Crippen LogP contribution in [0, 0.1) is 0 Å². The third-order valence-electron chi connectivity index (χ3n) is 6.34. The van der Waals surface area contributed by atoms with E-state index in [4.69, 9.17) is 9.47 Å². The molecule has 16 heteroatoms. The van der Waals surface area contributed by atoms with Gasteiger partial charge in [0.1, 0.15) is 49.8 Å². The average Bonchev–Trinajstić information content (AvgIpc) is 2.99. The van der Waals surface area contributed by atoms with Gasteiger partial charge in [0.25, 0.3) is 10.1 Å². The molecule has 0 bridgehead atoms. The minimum absolute atomic E-state index is 0.0139. The van der Waals surface area contributed by atoms with Crippen LogP contribution in [0.5, 0.6) is 23.0 Å². The Morgan fingerprint density at radius 2 is 1.42 bits per heavy atom. The summed E-state index contributed by atoms with van der Waals surface area (Å²) in [5.74, 6) is -0.790. The quantitative estimate of drug-likeness (QED) is 0.116. The van der Waals surface area contributed by atoms with Crippen molar-refractivity contribution in [3.8, 4) is 23.0 Å². The van der Waals surface area contributed by atoms with Gasteiger partial charge >= 0.3 is 0 Å². The van der Waals surface area contributed by atoms with Crippen molar-refractivity contribution in [1.82, 2.24) is 0 Å². The topological polar surface area (TPSA) is 209 Å². The number of azo groups is 2. The molecule has 0 saturated heterocycles. The molecule has 0 aliphatic heterocycles. The standard InChI is InChI=1S/C27H27N5O9S2/c1-5-42(35,36)25-14-22(33)21(13-23(25)41-4)31-30-20-11-7-16-17(27(20)34)8-10-19(28-2)26(16)32-29-18-9-6-15(40-3)12-24(18)43(37,38)39/h6-14,28,33-34H,5H2,1-4H3,(H,37,38,39). The summed E-state index contributed by atoms with van der Waals surface area (Å²) in [4.78, 5) is -0.699. The number of ether oxygens (including phenoxy) is 2. The van der Waals surface area contributed by atoms with Crippen LogP contribution in [0.25, 0.3) is 10.8 Å². The lowest BCUT2D eigenvalue weighted by Crippen LogP contribution is -2.05. The first-order valence-corrected chi connectivity index (χ1v) is 15.5. The highest BCUT2D eigenvalue weighted by molar-refractivity contribution is 7.91. The van der Waals surface area contributed by atoms with E-state index in [0.29, 0.717) is 16.5 Å². The predicted octanol–water partition coefficient (Wildman–Crippen LogP) is 6.18. The first kappa shape index (κ1) is 31.1. The Morgan fingerprint density at radius 3 is 2.05 bits per heavy atom. The fourth-order valence-corrected chi connectivity index (χ4v) is 5.74. The van der Waals surface area contributed by atoms with E-state index in [1.807, 2.05) is 0 Å². The summed E-state index contributed by atoms with van der Waals surface area (Å²) in [5, 5.41) is 41.4. The monoisotopic (exact) mass is 629 g/mol. The number of sulfone groups is 1. The van der Waals surface area contributed by atoms with Crippen LogP contribution < -0.4 is 14.8 Å². The Balaban J connectivity index is 1.78. The number of benzene rings is 4. The van der Waals surface area contributed by atoms with Crippen LogP contribution in [0.1, 0.15) is 6.92 Å². The number of hydrogen-bond donors (Lipinski definition) is 4. The Kier molecular flexibility index (Phi) is 8.84. The predicted molar refractivity (Wildman–Crippen MR) is 159 cm³/mol. The molecule has 0 spiro atoms. The maximum Gasteiger partial charge on any atom is 0.296 e. The van der Waals surface area contributed by atoms with Crippen LogP contribution in [-0.2, 0) is 20.0 Å². The number of anilines is 1. The fraction of sp³-hybridized carbons (Fsp3) is 0.185. The Morgan fingerprint density at radius 1 is 0.767 bits per heavy atom. The fourth-order valence-electron chi connectivity index (χ4n) is 4.05. The molecule has 226 valence electrons. The number of fused-ring (bicyclic) bond motifs is 1. The maximum absolute atomic E-state index is 12.3. The lowest BCUT2D eigenvalue weighted by Gasteiger charge is -2.11. The van der Waals surface area contributed by atoms with Crippen molar-refractivity contribution in [2.45, 2.75) is 16.7 Å². The van der Waals surface area contributed by atoms with Crippen LogP contribution >= 0.6 is 0 Å². The molecule has 0 radical (unpaired) electrons. The van der Waals surface area contributed by atoms with Crippen LogP contribution in [0.2, 0.25) is 0 Å². The number of methoxy groups -OCH3 is 2. The summed E-state index contributed by atoms with van der Waals surface area (Å²) >= 11 is 0. The third kappa shape index (κ3) is 6.35. The highest BCUT2D eigenvalue weighted by atomic mass is 32.2. The largest absolute Gasteiger partial charge is 0.506 e. The molecule has 4 rings (SSSR count). The average molecular weight is 630 g/mol. The van der Waals surface area contributed by atoms with Crippen LogP contribution in [0.3, 0.4) is 0 Å². The molecule has 43 heavy (non-hydrogen) atoms. The molecule has 0 saturated carbocycles. The zero-order chi connectivity index (χ0) is 31.5. The number of nitrogens with one attached hydrogen (secondary N) is 1. The highest BCUT2D eigenvalue weighted by Crippen LogP contribution is 2.44. The van der Waals surface area contributed by atoms with Gasteiger partial charge in [-0.15, -0.1) is 20.5 Å². The summed E-state index contributed by atoms with van der Waals surface area (Å²) in [7, 11) is -4.09. The minimum atomic E-state index is -4.66. The number of aromatic hydroxyl groups is 2. The van der Waals surface area contributed by atoms with Crippen LogP contribution in [0.4, 0.5) is 28.4 Å². The summed E-state index contributed by atoms with van der Waals surface area (Å²) in [6.45, 7) is 1.46. The molecule has 0 fully saturated rings. The molecule has 0 atom stereocenters. The molecule has 4 aromatic carbocycles. The van der Waals surface area contributed by atoms with Crippen molar-refractivity contribution < 1.29 is 41.1 Å². The normalized spacial score (nSPS) is 12.3. The first-order chi connectivity index (χ1) is 20.3. The molecule has 0 aliphatic carbocycles. The van der Waals surface area contributed by atoms with Crippen LogP contribution in [-0.4, -0.2) is 58.6 Å². The second-order valence-electron chi connectivity index (χ2n) is 8.84. The second-order valence-corrected chi connectivity index (χ2v) is 12.5. The van der Waals surface area contributed by atoms with Crippen molar-refractivity contribution in [3.63, 3.8) is 0 Å². The van der Waals surface area contributed by atoms with Gasteiger partial charge < -0.3 is 25.0 Å². The highest BCUT2D eigenvalue weighted by Gasteiger charge is 2.21. The smallest absolute Gasteiger partial charge is 0.296 e. The zero-order valence-corrected chi connectivity index (χ0v) is 24.9. The Bertz CT molecular complexity index is 1990. The number of phenolic OH excluding ortho intramolecular Hbond substituents is 2. The van der Waals surface area contributed by atoms with Gasteiger partial charge in [0.05, 0.1) is 25.7 Å². The van der Waals surface area contributed by atoms with Crippen LogP contribution in [0.15, 0.2) is 84.8 Å². The molecule has 4 aromatic rings. The van der Waals surface area contributed by atoms with Gasteiger partial charge in [-0.25, -0.2) is 8.42 Å². The molecule has 4 N–H and O–H groups in total. The molecule has 14 nitrogen and oxygen atoms in total. The number of hydrogen-bond acceptors (Lipinski definition) is 13. The van der Waals surface area contributed by atoms with Crippen molar-refractivity contribution >= 4 is 59.2 Å². The van der Waals surface area contributed by atoms with Gasteiger partial charge in [-0.3, -0.25) is 4.55 Å². The Labute approximate surface area is 247 Å². The van der Waals surface area contributed by atoms with Crippen molar-refractivity contribution in [3.05, 3.63) is 54.6 Å². The van der Waals surface area contributed by atoms with Crippen molar-refractivity contribution in [1.29, 1.82) is 0 Å². The number of rotatable bonds is 10. The van der Waals surface area contributed by atoms with E-state index in [0.717, 1.165) is 12.1 Å². The van der Waals surface area contributed by atoms with Crippen molar-refractivity contribution in [2.24, 2.45) is 20.5 Å². The van der Waals surface area contributed by atoms with E-state index in [1.54, 1.807) is 25.2 Å². The molecule has 0 aliphatic rings. The molecular weight excluding hydrogens is 602 g/mol. The second kappa shape index (κ2) is 12.2. The number of phenols is 2.